The normalized spacial score (nSPS) is 10.5. The number of amides is 1. The maximum absolute atomic E-state index is 12.5. The number of methoxy groups -OCH3 is 1. The number of thiophene rings is 1. The Bertz CT molecular complexity index is 972. The molecule has 0 aliphatic heterocycles. The van der Waals surface area contributed by atoms with E-state index in [1.165, 1.54) is 11.3 Å². The zero-order chi connectivity index (χ0) is 18.0. The van der Waals surface area contributed by atoms with Crippen LogP contribution in [0.1, 0.15) is 9.67 Å². The van der Waals surface area contributed by atoms with Crippen molar-refractivity contribution in [3.8, 4) is 5.75 Å². The van der Waals surface area contributed by atoms with Gasteiger partial charge in [0.1, 0.15) is 10.6 Å². The Morgan fingerprint density at radius 2 is 1.96 bits per heavy atom. The molecule has 0 aliphatic carbocycles. The van der Waals surface area contributed by atoms with Gasteiger partial charge < -0.3 is 10.1 Å². The van der Waals surface area contributed by atoms with Crippen molar-refractivity contribution in [3.05, 3.63) is 57.4 Å². The third kappa shape index (κ3) is 3.88. The molecule has 0 saturated heterocycles. The lowest BCUT2D eigenvalue weighted by Crippen LogP contribution is -2.33. The third-order valence-corrected chi connectivity index (χ3v) is 5.58. The third-order valence-electron chi connectivity index (χ3n) is 3.39. The summed E-state index contributed by atoms with van der Waals surface area (Å²) in [5.74, 6) is 0.322. The topological polar surface area (TPSA) is 50.4 Å². The summed E-state index contributed by atoms with van der Waals surface area (Å²) >= 11 is 18.9. The number of hydrogen-bond donors (Lipinski definition) is 2. The molecule has 0 spiro atoms. The number of carbonyl (C=O) groups is 1. The van der Waals surface area contributed by atoms with Gasteiger partial charge in [0.15, 0.2) is 5.11 Å². The van der Waals surface area contributed by atoms with Gasteiger partial charge in [-0.3, -0.25) is 10.1 Å². The number of ether oxygens (including phenoxy) is 1. The first-order valence-corrected chi connectivity index (χ1v) is 9.10. The Kier molecular flexibility index (Phi) is 5.44. The van der Waals surface area contributed by atoms with Crippen LogP contribution in [0.4, 0.5) is 5.69 Å². The number of thiocarbonyl (C=S) groups is 1. The maximum Gasteiger partial charge on any atom is 0.269 e. The first kappa shape index (κ1) is 17.9. The highest BCUT2D eigenvalue weighted by atomic mass is 35.5. The van der Waals surface area contributed by atoms with Crippen LogP contribution >= 0.6 is 46.8 Å². The van der Waals surface area contributed by atoms with E-state index in [4.69, 9.17) is 40.2 Å². The molecule has 0 aliphatic rings. The minimum absolute atomic E-state index is 0.143. The van der Waals surface area contributed by atoms with Gasteiger partial charge in [-0.05, 0) is 42.5 Å². The maximum atomic E-state index is 12.5. The van der Waals surface area contributed by atoms with Crippen molar-refractivity contribution in [2.75, 3.05) is 12.4 Å². The zero-order valence-electron chi connectivity index (χ0n) is 12.9. The molecule has 3 aromatic rings. The Balaban J connectivity index is 1.79. The van der Waals surface area contributed by atoms with Crippen LogP contribution in [0, 0.1) is 0 Å². The quantitative estimate of drug-likeness (QED) is 0.571. The molecule has 0 unspecified atom stereocenters. The van der Waals surface area contributed by atoms with Crippen LogP contribution in [-0.2, 0) is 0 Å². The summed E-state index contributed by atoms with van der Waals surface area (Å²) in [7, 11) is 1.59. The number of rotatable bonds is 3. The van der Waals surface area contributed by atoms with E-state index in [0.717, 1.165) is 10.1 Å². The van der Waals surface area contributed by atoms with E-state index in [9.17, 15) is 4.79 Å². The van der Waals surface area contributed by atoms with Crippen molar-refractivity contribution in [1.29, 1.82) is 0 Å². The van der Waals surface area contributed by atoms with E-state index < -0.39 is 0 Å². The molecule has 2 aromatic carbocycles. The zero-order valence-corrected chi connectivity index (χ0v) is 16.1. The molecule has 2 N–H and O–H groups in total. The van der Waals surface area contributed by atoms with Crippen LogP contribution in [-0.4, -0.2) is 18.1 Å². The van der Waals surface area contributed by atoms with E-state index in [0.29, 0.717) is 26.4 Å². The number of carbonyl (C=O) groups excluding carboxylic acids is 1. The lowest BCUT2D eigenvalue weighted by atomic mass is 10.2. The van der Waals surface area contributed by atoms with Crippen molar-refractivity contribution >= 4 is 73.5 Å². The first-order valence-electron chi connectivity index (χ1n) is 7.12. The minimum atomic E-state index is -0.380. The molecule has 1 amide bonds. The van der Waals surface area contributed by atoms with Gasteiger partial charge in [0, 0.05) is 10.1 Å². The number of anilines is 1. The van der Waals surface area contributed by atoms with Crippen molar-refractivity contribution < 1.29 is 9.53 Å². The molecule has 0 radical (unpaired) electrons. The number of benzene rings is 2. The predicted molar refractivity (Wildman–Crippen MR) is 109 cm³/mol. The van der Waals surface area contributed by atoms with E-state index in [-0.39, 0.29) is 11.0 Å². The molecule has 8 heteroatoms. The van der Waals surface area contributed by atoms with E-state index >= 15 is 0 Å². The van der Waals surface area contributed by atoms with Gasteiger partial charge in [0.05, 0.1) is 22.8 Å². The van der Waals surface area contributed by atoms with Crippen molar-refractivity contribution in [3.63, 3.8) is 0 Å². The van der Waals surface area contributed by atoms with Crippen LogP contribution in [0.15, 0.2) is 42.5 Å². The second kappa shape index (κ2) is 7.58. The average molecular weight is 411 g/mol. The fourth-order valence-corrected chi connectivity index (χ4v) is 4.02. The molecule has 0 saturated carbocycles. The summed E-state index contributed by atoms with van der Waals surface area (Å²) in [6, 6.07) is 12.6. The smallest absolute Gasteiger partial charge is 0.269 e. The fraction of sp³-hybridized carbons (Fsp3) is 0.0588. The van der Waals surface area contributed by atoms with Crippen LogP contribution in [0.25, 0.3) is 10.1 Å². The van der Waals surface area contributed by atoms with E-state index in [1.807, 2.05) is 18.2 Å². The van der Waals surface area contributed by atoms with Gasteiger partial charge in [0.25, 0.3) is 5.91 Å². The minimum Gasteiger partial charge on any atom is -0.497 e. The highest BCUT2D eigenvalue weighted by molar-refractivity contribution is 7.80. The summed E-state index contributed by atoms with van der Waals surface area (Å²) < 4.78 is 6.05. The van der Waals surface area contributed by atoms with Gasteiger partial charge >= 0.3 is 0 Å². The Morgan fingerprint density at radius 1 is 1.20 bits per heavy atom. The van der Waals surface area contributed by atoms with Gasteiger partial charge in [-0.1, -0.05) is 35.3 Å². The SMILES string of the molecule is COc1ccc2c(Cl)c(C(=O)NC(=S)Nc3ccccc3Cl)sc2c1. The molecule has 1 aromatic heterocycles. The number of fused-ring (bicyclic) bond motifs is 1. The monoisotopic (exact) mass is 410 g/mol. The van der Waals surface area contributed by atoms with Crippen LogP contribution in [0.3, 0.4) is 0 Å². The summed E-state index contributed by atoms with van der Waals surface area (Å²) in [6.45, 7) is 0. The molecule has 0 fully saturated rings. The Labute approximate surface area is 163 Å². The van der Waals surface area contributed by atoms with Crippen LogP contribution in [0.5, 0.6) is 5.75 Å². The largest absolute Gasteiger partial charge is 0.497 e. The molecule has 0 atom stereocenters. The molecule has 25 heavy (non-hydrogen) atoms. The van der Waals surface area contributed by atoms with Gasteiger partial charge in [-0.2, -0.15) is 0 Å². The molecular formula is C17H12Cl2N2O2S2. The predicted octanol–water partition coefficient (Wildman–Crippen LogP) is 5.34. The van der Waals surface area contributed by atoms with Gasteiger partial charge in [0.2, 0.25) is 0 Å². The van der Waals surface area contributed by atoms with Crippen LogP contribution < -0.4 is 15.4 Å². The van der Waals surface area contributed by atoms with E-state index in [1.54, 1.807) is 31.4 Å². The summed E-state index contributed by atoms with van der Waals surface area (Å²) in [5.41, 5.74) is 0.613. The lowest BCUT2D eigenvalue weighted by molar-refractivity contribution is 0.0982. The van der Waals surface area contributed by atoms with Crippen molar-refractivity contribution in [1.82, 2.24) is 5.32 Å². The van der Waals surface area contributed by atoms with Gasteiger partial charge in [-0.25, -0.2) is 0 Å². The number of halogens is 2. The summed E-state index contributed by atoms with van der Waals surface area (Å²) in [5, 5.41) is 7.34. The Morgan fingerprint density at radius 3 is 2.68 bits per heavy atom. The Hall–Kier alpha value is -1.86. The molecule has 1 heterocycles. The summed E-state index contributed by atoms with van der Waals surface area (Å²) in [6.07, 6.45) is 0. The summed E-state index contributed by atoms with van der Waals surface area (Å²) in [4.78, 5) is 12.9. The second-order valence-corrected chi connectivity index (χ2v) is 7.24. The standard InChI is InChI=1S/C17H12Cl2N2O2S2/c1-23-9-6-7-10-13(8-9)25-15(14(10)19)16(22)21-17(24)20-12-5-3-2-4-11(12)18/h2-8H,1H3,(H2,20,21,22,24). The molecule has 128 valence electrons. The number of hydrogen-bond acceptors (Lipinski definition) is 4. The van der Waals surface area contributed by atoms with Crippen molar-refractivity contribution in [2.24, 2.45) is 0 Å². The first-order chi connectivity index (χ1) is 12.0. The average Bonchev–Trinajstić information content (AvgIpc) is 2.93. The molecule has 3 rings (SSSR count). The fourth-order valence-electron chi connectivity index (χ4n) is 2.19. The molecule has 4 nitrogen and oxygen atoms in total. The highest BCUT2D eigenvalue weighted by Crippen LogP contribution is 2.37. The lowest BCUT2D eigenvalue weighted by Gasteiger charge is -2.10. The molecule has 0 bridgehead atoms. The van der Waals surface area contributed by atoms with Crippen LogP contribution in [0.2, 0.25) is 10.0 Å². The van der Waals surface area contributed by atoms with Crippen molar-refractivity contribution in [2.45, 2.75) is 0 Å². The van der Waals surface area contributed by atoms with E-state index in [2.05, 4.69) is 10.6 Å². The number of nitrogens with one attached hydrogen (secondary N) is 2. The molecular weight excluding hydrogens is 399 g/mol. The number of para-hydroxylation sites is 1. The second-order valence-electron chi connectivity index (χ2n) is 5.00. The highest BCUT2D eigenvalue weighted by Gasteiger charge is 2.18. The van der Waals surface area contributed by atoms with Gasteiger partial charge in [-0.15, -0.1) is 11.3 Å².